The minimum absolute atomic E-state index is 0.0363. The van der Waals surface area contributed by atoms with E-state index in [0.29, 0.717) is 0 Å². The van der Waals surface area contributed by atoms with E-state index < -0.39 is 35.5 Å². The average molecular weight is 498 g/mol. The molecule has 2 heterocycles. The first kappa shape index (κ1) is 25.9. The van der Waals surface area contributed by atoms with Crippen LogP contribution < -0.4 is 0 Å². The highest BCUT2D eigenvalue weighted by atomic mass is 32.2. The van der Waals surface area contributed by atoms with Crippen molar-refractivity contribution in [1.29, 1.82) is 0 Å². The normalized spacial score (nSPS) is 25.7. The zero-order valence-electron chi connectivity index (χ0n) is 19.2. The number of benzene rings is 1. The monoisotopic (exact) mass is 497 g/mol. The van der Waals surface area contributed by atoms with E-state index in [0.717, 1.165) is 17.1 Å². The first-order valence-electron chi connectivity index (χ1n) is 11.2. The molecule has 10 heteroatoms. The molecule has 2 aliphatic rings. The molecule has 182 valence electrons. The van der Waals surface area contributed by atoms with Gasteiger partial charge >= 0.3 is 17.9 Å². The summed E-state index contributed by atoms with van der Waals surface area (Å²) in [6, 6.07) is 9.45. The van der Waals surface area contributed by atoms with Crippen LogP contribution >= 0.6 is 23.5 Å². The molecule has 0 amide bonds. The number of esters is 3. The second kappa shape index (κ2) is 12.1. The van der Waals surface area contributed by atoms with Gasteiger partial charge in [-0.05, 0) is 26.3 Å². The molecule has 0 spiro atoms. The van der Waals surface area contributed by atoms with Crippen molar-refractivity contribution in [2.45, 2.75) is 50.0 Å². The lowest BCUT2D eigenvalue weighted by Crippen LogP contribution is -2.59. The van der Waals surface area contributed by atoms with Crippen LogP contribution in [-0.2, 0) is 40.0 Å². The molecule has 2 saturated heterocycles. The summed E-state index contributed by atoms with van der Waals surface area (Å²) in [5, 5.41) is 1.46. The molecule has 0 aromatic heterocycles. The van der Waals surface area contributed by atoms with Crippen LogP contribution in [0.3, 0.4) is 0 Å². The van der Waals surface area contributed by atoms with Crippen molar-refractivity contribution >= 4 is 41.4 Å². The van der Waals surface area contributed by atoms with E-state index in [9.17, 15) is 14.4 Å². The van der Waals surface area contributed by atoms with Crippen molar-refractivity contribution in [1.82, 2.24) is 5.06 Å². The number of hydroxylamine groups is 2. The largest absolute Gasteiger partial charge is 0.466 e. The summed E-state index contributed by atoms with van der Waals surface area (Å²) in [5.74, 6) is -1.31. The van der Waals surface area contributed by atoms with Gasteiger partial charge in [-0.1, -0.05) is 30.3 Å². The molecule has 0 N–H and O–H groups in total. The van der Waals surface area contributed by atoms with Crippen molar-refractivity contribution in [3.8, 4) is 0 Å². The van der Waals surface area contributed by atoms with Gasteiger partial charge in [0.15, 0.2) is 11.6 Å². The topological polar surface area (TPSA) is 91.4 Å². The molecule has 2 fully saturated rings. The number of carbonyl (C=O) groups excluding carboxylic acids is 3. The maximum absolute atomic E-state index is 13.7. The van der Waals surface area contributed by atoms with Gasteiger partial charge in [-0.2, -0.15) is 5.06 Å². The van der Waals surface area contributed by atoms with Gasteiger partial charge in [0.1, 0.15) is 5.92 Å². The fourth-order valence-electron chi connectivity index (χ4n) is 4.16. The predicted octanol–water partition coefficient (Wildman–Crippen LogP) is 3.04. The third-order valence-electron chi connectivity index (χ3n) is 5.53. The Balaban J connectivity index is 2.12. The first-order chi connectivity index (χ1) is 16.0. The molecule has 3 rings (SSSR count). The van der Waals surface area contributed by atoms with Crippen molar-refractivity contribution in [2.24, 2.45) is 5.92 Å². The van der Waals surface area contributed by atoms with Gasteiger partial charge in [-0.3, -0.25) is 9.63 Å². The zero-order valence-corrected chi connectivity index (χ0v) is 20.8. The van der Waals surface area contributed by atoms with E-state index in [4.69, 9.17) is 19.0 Å². The van der Waals surface area contributed by atoms with Gasteiger partial charge in [-0.25, -0.2) is 9.59 Å². The van der Waals surface area contributed by atoms with Crippen LogP contribution in [0.2, 0.25) is 0 Å². The fourth-order valence-corrected chi connectivity index (χ4v) is 7.16. The Morgan fingerprint density at radius 1 is 0.970 bits per heavy atom. The Morgan fingerprint density at radius 2 is 1.58 bits per heavy atom. The second-order valence-electron chi connectivity index (χ2n) is 7.55. The van der Waals surface area contributed by atoms with E-state index in [1.54, 1.807) is 44.3 Å². The standard InChI is InChI=1S/C23H31NO7S2/c1-4-28-20(25)18-19(21(26)29-5-2)31-24(15-16-10-8-7-9-11-16)23(18,22(27)30-6-3)14-17-32-12-13-33-17/h7-11,17-19H,4-6,12-15H2,1-3H3/t18-,19-,23-/m1/s1. The number of thioether (sulfide) groups is 2. The summed E-state index contributed by atoms with van der Waals surface area (Å²) in [5.41, 5.74) is -0.671. The van der Waals surface area contributed by atoms with Crippen molar-refractivity contribution < 1.29 is 33.4 Å². The molecule has 0 aliphatic carbocycles. The Bertz CT molecular complexity index is 818. The van der Waals surface area contributed by atoms with Crippen molar-refractivity contribution in [3.05, 3.63) is 35.9 Å². The molecular weight excluding hydrogens is 466 g/mol. The number of carbonyl (C=O) groups is 3. The SMILES string of the molecule is CCOC(=O)[C@@H]1ON(Cc2ccccc2)[C@@](CC2SCCS2)(C(=O)OCC)[C@H]1C(=O)OCC. The van der Waals surface area contributed by atoms with E-state index in [1.165, 1.54) is 5.06 Å². The molecule has 1 aromatic carbocycles. The maximum atomic E-state index is 13.7. The van der Waals surface area contributed by atoms with Crippen LogP contribution in [0.25, 0.3) is 0 Å². The second-order valence-corrected chi connectivity index (χ2v) is 10.5. The Labute approximate surface area is 203 Å². The van der Waals surface area contributed by atoms with Crippen LogP contribution in [0.5, 0.6) is 0 Å². The third kappa shape index (κ3) is 5.67. The smallest absolute Gasteiger partial charge is 0.338 e. The quantitative estimate of drug-likeness (QED) is 0.355. The Kier molecular flexibility index (Phi) is 9.48. The van der Waals surface area contributed by atoms with Gasteiger partial charge < -0.3 is 14.2 Å². The molecule has 8 nitrogen and oxygen atoms in total. The van der Waals surface area contributed by atoms with E-state index in [2.05, 4.69) is 0 Å². The minimum atomic E-state index is -1.54. The lowest BCUT2D eigenvalue weighted by molar-refractivity contribution is -0.216. The number of rotatable bonds is 10. The molecule has 3 atom stereocenters. The van der Waals surface area contributed by atoms with Gasteiger partial charge in [-0.15, -0.1) is 23.5 Å². The summed E-state index contributed by atoms with van der Waals surface area (Å²) < 4.78 is 16.1. The first-order valence-corrected chi connectivity index (χ1v) is 13.3. The number of nitrogens with zero attached hydrogens (tertiary/aromatic N) is 1. The van der Waals surface area contributed by atoms with Crippen LogP contribution in [0, 0.1) is 5.92 Å². The highest BCUT2D eigenvalue weighted by molar-refractivity contribution is 8.20. The van der Waals surface area contributed by atoms with Crippen molar-refractivity contribution in [2.75, 3.05) is 31.3 Å². The molecule has 2 aliphatic heterocycles. The van der Waals surface area contributed by atoms with Gasteiger partial charge in [0.2, 0.25) is 0 Å². The van der Waals surface area contributed by atoms with E-state index in [-0.39, 0.29) is 37.4 Å². The molecule has 0 saturated carbocycles. The van der Waals surface area contributed by atoms with Crippen LogP contribution in [0.1, 0.15) is 32.8 Å². The fraction of sp³-hybridized carbons (Fsp3) is 0.609. The summed E-state index contributed by atoms with van der Waals surface area (Å²) in [7, 11) is 0. The van der Waals surface area contributed by atoms with E-state index in [1.807, 2.05) is 30.3 Å². The molecule has 1 aromatic rings. The Hall–Kier alpha value is -1.75. The molecule has 0 unspecified atom stereocenters. The van der Waals surface area contributed by atoms with Gasteiger partial charge in [0, 0.05) is 17.9 Å². The summed E-state index contributed by atoms with van der Waals surface area (Å²) in [4.78, 5) is 46.0. The summed E-state index contributed by atoms with van der Waals surface area (Å²) >= 11 is 3.45. The van der Waals surface area contributed by atoms with Crippen LogP contribution in [0.15, 0.2) is 30.3 Å². The van der Waals surface area contributed by atoms with Gasteiger partial charge in [0.05, 0.1) is 30.9 Å². The molecular formula is C23H31NO7S2. The minimum Gasteiger partial charge on any atom is -0.466 e. The number of ether oxygens (including phenoxy) is 3. The summed E-state index contributed by atoms with van der Waals surface area (Å²) in [6.07, 6.45) is -1.04. The van der Waals surface area contributed by atoms with E-state index >= 15 is 0 Å². The average Bonchev–Trinajstić information content (AvgIpc) is 3.42. The van der Waals surface area contributed by atoms with Crippen LogP contribution in [-0.4, -0.2) is 70.5 Å². The number of hydrogen-bond donors (Lipinski definition) is 0. The summed E-state index contributed by atoms with van der Waals surface area (Å²) in [6.45, 7) is 5.62. The lowest BCUT2D eigenvalue weighted by atomic mass is 9.78. The zero-order chi connectivity index (χ0) is 23.8. The predicted molar refractivity (Wildman–Crippen MR) is 126 cm³/mol. The molecule has 0 radical (unpaired) electrons. The van der Waals surface area contributed by atoms with Crippen LogP contribution in [0.4, 0.5) is 0 Å². The van der Waals surface area contributed by atoms with Crippen molar-refractivity contribution in [3.63, 3.8) is 0 Å². The lowest BCUT2D eigenvalue weighted by Gasteiger charge is -2.38. The Morgan fingerprint density at radius 3 is 2.18 bits per heavy atom. The highest BCUT2D eigenvalue weighted by Crippen LogP contribution is 2.48. The maximum Gasteiger partial charge on any atom is 0.338 e. The highest BCUT2D eigenvalue weighted by Gasteiger charge is 2.67. The molecule has 0 bridgehead atoms. The number of hydrogen-bond acceptors (Lipinski definition) is 10. The third-order valence-corrected chi connectivity index (χ3v) is 8.56. The van der Waals surface area contributed by atoms with Gasteiger partial charge in [0.25, 0.3) is 0 Å². The molecule has 33 heavy (non-hydrogen) atoms.